The van der Waals surface area contributed by atoms with Crippen LogP contribution < -0.4 is 0 Å². The molecule has 0 aromatic rings. The molecule has 1 aliphatic rings. The number of nitrogens with zero attached hydrogens (tertiary/aromatic N) is 1. The molecule has 1 fully saturated rings. The third-order valence-electron chi connectivity index (χ3n) is 3.26. The Kier molecular flexibility index (Phi) is 4.20. The topological polar surface area (TPSA) is 3.24 Å². The molecular formula is C11H23NSi. The van der Waals surface area contributed by atoms with Crippen molar-refractivity contribution in [3.8, 4) is 0 Å². The van der Waals surface area contributed by atoms with Gasteiger partial charge in [0.05, 0.1) is 0 Å². The fourth-order valence-electron chi connectivity index (χ4n) is 2.22. The van der Waals surface area contributed by atoms with Crippen LogP contribution in [0, 0.1) is 0 Å². The Morgan fingerprint density at radius 2 is 1.85 bits per heavy atom. The smallest absolute Gasteiger partial charge is 0.0329 e. The van der Waals surface area contributed by atoms with Crippen molar-refractivity contribution in [2.45, 2.75) is 46.1 Å². The number of hydrogen-bond acceptors (Lipinski definition) is 1. The minimum Gasteiger partial charge on any atom is -0.297 e. The van der Waals surface area contributed by atoms with Crippen LogP contribution in [0.15, 0.2) is 10.8 Å². The highest BCUT2D eigenvalue weighted by molar-refractivity contribution is 6.21. The van der Waals surface area contributed by atoms with Gasteiger partial charge in [-0.25, -0.2) is 0 Å². The van der Waals surface area contributed by atoms with E-state index in [0.29, 0.717) is 0 Å². The van der Waals surface area contributed by atoms with Crippen molar-refractivity contribution in [1.82, 2.24) is 4.90 Å². The zero-order valence-corrected chi connectivity index (χ0v) is 11.6. The molecule has 0 bridgehead atoms. The maximum Gasteiger partial charge on any atom is 0.0329 e. The Morgan fingerprint density at radius 1 is 1.31 bits per heavy atom. The standard InChI is InChI=1S/C11H23NSi/c1-4-11(9(2)10(3)13)12-7-5-6-8-12/h11H,4-8H2,1-3,13H3. The van der Waals surface area contributed by atoms with Crippen molar-refractivity contribution in [3.63, 3.8) is 0 Å². The van der Waals surface area contributed by atoms with Gasteiger partial charge >= 0.3 is 0 Å². The van der Waals surface area contributed by atoms with Crippen LogP contribution in [0.2, 0.25) is 0 Å². The number of hydrogen-bond donors (Lipinski definition) is 0. The Balaban J connectivity index is 2.66. The lowest BCUT2D eigenvalue weighted by molar-refractivity contribution is 0.266. The average molecular weight is 197 g/mol. The Bertz CT molecular complexity index is 188. The summed E-state index contributed by atoms with van der Waals surface area (Å²) in [4.78, 5) is 2.66. The van der Waals surface area contributed by atoms with E-state index in [0.717, 1.165) is 6.04 Å². The van der Waals surface area contributed by atoms with Gasteiger partial charge < -0.3 is 0 Å². The van der Waals surface area contributed by atoms with Gasteiger partial charge in [-0.15, -0.1) is 0 Å². The van der Waals surface area contributed by atoms with Crippen LogP contribution >= 0.6 is 0 Å². The average Bonchev–Trinajstić information content (AvgIpc) is 2.58. The summed E-state index contributed by atoms with van der Waals surface area (Å²) in [6.45, 7) is 9.58. The second-order valence-electron chi connectivity index (χ2n) is 4.35. The summed E-state index contributed by atoms with van der Waals surface area (Å²) >= 11 is 0. The monoisotopic (exact) mass is 197 g/mol. The molecule has 1 saturated heterocycles. The first-order chi connectivity index (χ1) is 6.16. The zero-order chi connectivity index (χ0) is 9.84. The molecule has 1 heterocycles. The summed E-state index contributed by atoms with van der Waals surface area (Å²) in [6, 6.07) is 0.750. The predicted molar refractivity (Wildman–Crippen MR) is 63.2 cm³/mol. The molecule has 0 saturated carbocycles. The summed E-state index contributed by atoms with van der Waals surface area (Å²) in [5, 5.41) is 1.64. The highest BCUT2D eigenvalue weighted by atomic mass is 28.1. The first-order valence-electron chi connectivity index (χ1n) is 5.54. The minimum atomic E-state index is 0.750. The molecule has 0 aromatic heterocycles. The molecule has 1 atom stereocenters. The van der Waals surface area contributed by atoms with Crippen LogP contribution in [0.4, 0.5) is 0 Å². The fraction of sp³-hybridized carbons (Fsp3) is 0.818. The molecule has 0 aliphatic carbocycles. The maximum absolute atomic E-state index is 2.66. The summed E-state index contributed by atoms with van der Waals surface area (Å²) in [5.41, 5.74) is 1.65. The van der Waals surface area contributed by atoms with E-state index in [1.54, 1.807) is 10.8 Å². The first-order valence-corrected chi connectivity index (χ1v) is 6.54. The molecule has 76 valence electrons. The van der Waals surface area contributed by atoms with E-state index in [2.05, 4.69) is 25.7 Å². The van der Waals surface area contributed by atoms with Crippen molar-refractivity contribution >= 4 is 10.2 Å². The van der Waals surface area contributed by atoms with Gasteiger partial charge in [-0.1, -0.05) is 17.7 Å². The Labute approximate surface area is 85.6 Å². The second-order valence-corrected chi connectivity index (χ2v) is 5.85. The van der Waals surface area contributed by atoms with Crippen molar-refractivity contribution in [3.05, 3.63) is 10.8 Å². The van der Waals surface area contributed by atoms with Gasteiger partial charge in [0.1, 0.15) is 0 Å². The highest BCUT2D eigenvalue weighted by Crippen LogP contribution is 2.21. The molecule has 0 spiro atoms. The molecule has 1 rings (SSSR count). The van der Waals surface area contributed by atoms with Crippen LogP contribution in [0.1, 0.15) is 40.0 Å². The lowest BCUT2D eigenvalue weighted by atomic mass is 10.0. The molecular weight excluding hydrogens is 174 g/mol. The molecule has 13 heavy (non-hydrogen) atoms. The Morgan fingerprint density at radius 3 is 2.23 bits per heavy atom. The van der Waals surface area contributed by atoms with E-state index >= 15 is 0 Å². The quantitative estimate of drug-likeness (QED) is 0.620. The van der Waals surface area contributed by atoms with Gasteiger partial charge in [0.2, 0.25) is 0 Å². The maximum atomic E-state index is 2.66. The van der Waals surface area contributed by atoms with E-state index < -0.39 is 0 Å². The van der Waals surface area contributed by atoms with Crippen LogP contribution in [0.25, 0.3) is 0 Å². The molecule has 0 N–H and O–H groups in total. The van der Waals surface area contributed by atoms with Crippen LogP contribution in [0.3, 0.4) is 0 Å². The highest BCUT2D eigenvalue weighted by Gasteiger charge is 2.21. The number of rotatable bonds is 3. The lowest BCUT2D eigenvalue weighted by Crippen LogP contribution is -2.33. The third-order valence-corrected chi connectivity index (χ3v) is 4.05. The molecule has 2 heteroatoms. The summed E-state index contributed by atoms with van der Waals surface area (Å²) in [6.07, 6.45) is 4.10. The van der Waals surface area contributed by atoms with Gasteiger partial charge in [-0.05, 0) is 46.2 Å². The van der Waals surface area contributed by atoms with E-state index in [4.69, 9.17) is 0 Å². The van der Waals surface area contributed by atoms with Gasteiger partial charge in [-0.2, -0.15) is 0 Å². The van der Waals surface area contributed by atoms with Crippen LogP contribution in [-0.2, 0) is 0 Å². The predicted octanol–water partition coefficient (Wildman–Crippen LogP) is 1.52. The van der Waals surface area contributed by atoms with Crippen molar-refractivity contribution in [2.75, 3.05) is 13.1 Å². The lowest BCUT2D eigenvalue weighted by Gasteiger charge is -2.28. The normalized spacial score (nSPS) is 23.3. The van der Waals surface area contributed by atoms with Crippen LogP contribution in [-0.4, -0.2) is 34.3 Å². The van der Waals surface area contributed by atoms with E-state index in [-0.39, 0.29) is 0 Å². The summed E-state index contributed by atoms with van der Waals surface area (Å²) in [7, 11) is 1.23. The zero-order valence-electron chi connectivity index (χ0n) is 9.56. The number of likely N-dealkylation sites (tertiary alicyclic amines) is 1. The Hall–Kier alpha value is -0.0831. The SMILES string of the molecule is CCC(C(C)=C(C)[SiH3])N1CCCC1. The minimum absolute atomic E-state index is 0.750. The third kappa shape index (κ3) is 2.68. The molecule has 1 unspecified atom stereocenters. The van der Waals surface area contributed by atoms with Gasteiger partial charge in [-0.3, -0.25) is 4.90 Å². The van der Waals surface area contributed by atoms with Crippen molar-refractivity contribution < 1.29 is 0 Å². The summed E-state index contributed by atoms with van der Waals surface area (Å²) in [5.74, 6) is 0. The molecule has 1 aliphatic heterocycles. The van der Waals surface area contributed by atoms with E-state index in [1.807, 2.05) is 0 Å². The largest absolute Gasteiger partial charge is 0.297 e. The van der Waals surface area contributed by atoms with E-state index in [1.165, 1.54) is 42.6 Å². The van der Waals surface area contributed by atoms with Crippen molar-refractivity contribution in [2.24, 2.45) is 0 Å². The van der Waals surface area contributed by atoms with E-state index in [9.17, 15) is 0 Å². The first kappa shape index (κ1) is 11.0. The molecule has 1 nitrogen and oxygen atoms in total. The van der Waals surface area contributed by atoms with Crippen molar-refractivity contribution in [1.29, 1.82) is 0 Å². The van der Waals surface area contributed by atoms with Gasteiger partial charge in [0.15, 0.2) is 0 Å². The number of allylic oxidation sites excluding steroid dienone is 1. The van der Waals surface area contributed by atoms with Gasteiger partial charge in [0.25, 0.3) is 0 Å². The molecule has 0 amide bonds. The fourth-order valence-corrected chi connectivity index (χ4v) is 2.56. The summed E-state index contributed by atoms with van der Waals surface area (Å²) < 4.78 is 0. The second kappa shape index (κ2) is 4.96. The van der Waals surface area contributed by atoms with Gasteiger partial charge in [0, 0.05) is 16.3 Å². The molecule has 0 radical (unpaired) electrons. The van der Waals surface area contributed by atoms with Crippen LogP contribution in [0.5, 0.6) is 0 Å². The molecule has 0 aromatic carbocycles.